The van der Waals surface area contributed by atoms with Crippen molar-refractivity contribution in [2.45, 2.75) is 57.4 Å². The summed E-state index contributed by atoms with van der Waals surface area (Å²) in [6, 6.07) is -0.376. The molecule has 0 aromatic heterocycles. The molecule has 1 aliphatic heterocycles. The number of carbonyl (C=O) groups excluding carboxylic acids is 1. The van der Waals surface area contributed by atoms with Gasteiger partial charge in [-0.2, -0.15) is 0 Å². The lowest BCUT2D eigenvalue weighted by molar-refractivity contribution is -0.148. The Morgan fingerprint density at radius 2 is 1.76 bits per heavy atom. The number of hydrogen-bond donors (Lipinski definition) is 3. The summed E-state index contributed by atoms with van der Waals surface area (Å²) < 4.78 is 5.20. The van der Waals surface area contributed by atoms with Gasteiger partial charge in [-0.15, -0.1) is 0 Å². The van der Waals surface area contributed by atoms with Crippen molar-refractivity contribution in [1.82, 2.24) is 10.6 Å². The van der Waals surface area contributed by atoms with Gasteiger partial charge in [0, 0.05) is 32.6 Å². The molecule has 0 bridgehead atoms. The van der Waals surface area contributed by atoms with Crippen LogP contribution >= 0.6 is 0 Å². The number of amides is 2. The molecule has 2 rings (SSSR count). The van der Waals surface area contributed by atoms with Gasteiger partial charge in [0.25, 0.3) is 0 Å². The Bertz CT molecular complexity index is 385. The second-order valence-corrected chi connectivity index (χ2v) is 6.37. The SMILES string of the molecule is CCC1(CNC(=O)NC2(C(=O)O)CCOCC2)CCCC1. The van der Waals surface area contributed by atoms with Gasteiger partial charge < -0.3 is 20.5 Å². The first-order valence-electron chi connectivity index (χ1n) is 7.89. The van der Waals surface area contributed by atoms with Crippen molar-refractivity contribution in [3.8, 4) is 0 Å². The maximum absolute atomic E-state index is 12.1. The zero-order valence-electron chi connectivity index (χ0n) is 12.7. The number of ether oxygens (including phenoxy) is 1. The molecule has 0 atom stereocenters. The molecule has 1 aliphatic carbocycles. The first-order chi connectivity index (χ1) is 10.0. The van der Waals surface area contributed by atoms with Gasteiger partial charge in [-0.25, -0.2) is 9.59 Å². The summed E-state index contributed by atoms with van der Waals surface area (Å²) in [7, 11) is 0. The van der Waals surface area contributed by atoms with Crippen LogP contribution in [0.25, 0.3) is 0 Å². The second kappa shape index (κ2) is 6.64. The topological polar surface area (TPSA) is 87.7 Å². The Labute approximate surface area is 125 Å². The first-order valence-corrected chi connectivity index (χ1v) is 7.89. The van der Waals surface area contributed by atoms with Crippen molar-refractivity contribution in [1.29, 1.82) is 0 Å². The number of rotatable bonds is 5. The Morgan fingerprint density at radius 1 is 1.14 bits per heavy atom. The second-order valence-electron chi connectivity index (χ2n) is 6.37. The quantitative estimate of drug-likeness (QED) is 0.723. The minimum atomic E-state index is -1.18. The molecule has 2 fully saturated rings. The maximum Gasteiger partial charge on any atom is 0.329 e. The van der Waals surface area contributed by atoms with E-state index in [4.69, 9.17) is 4.74 Å². The molecule has 6 nitrogen and oxygen atoms in total. The molecule has 3 N–H and O–H groups in total. The van der Waals surface area contributed by atoms with Crippen LogP contribution in [-0.2, 0) is 9.53 Å². The smallest absolute Gasteiger partial charge is 0.329 e. The standard InChI is InChI=1S/C15H26N2O4/c1-2-14(5-3-4-6-14)11-16-13(20)17-15(12(18)19)7-9-21-10-8-15/h2-11H2,1H3,(H,18,19)(H2,16,17,20). The molecular formula is C15H26N2O4. The summed E-state index contributed by atoms with van der Waals surface area (Å²) in [4.78, 5) is 23.6. The average molecular weight is 298 g/mol. The van der Waals surface area contributed by atoms with Crippen LogP contribution in [0.2, 0.25) is 0 Å². The van der Waals surface area contributed by atoms with E-state index < -0.39 is 11.5 Å². The third-order valence-electron chi connectivity index (χ3n) is 5.15. The highest BCUT2D eigenvalue weighted by Gasteiger charge is 2.42. The van der Waals surface area contributed by atoms with Gasteiger partial charge in [0.15, 0.2) is 0 Å². The van der Waals surface area contributed by atoms with Gasteiger partial charge in [0.1, 0.15) is 5.54 Å². The summed E-state index contributed by atoms with van der Waals surface area (Å²) in [5.41, 5.74) is -0.985. The predicted octanol–water partition coefficient (Wildman–Crippen LogP) is 1.89. The third-order valence-corrected chi connectivity index (χ3v) is 5.15. The summed E-state index contributed by atoms with van der Waals surface area (Å²) >= 11 is 0. The van der Waals surface area contributed by atoms with Gasteiger partial charge in [0.2, 0.25) is 0 Å². The Morgan fingerprint density at radius 3 is 2.29 bits per heavy atom. The molecule has 2 amide bonds. The molecular weight excluding hydrogens is 272 g/mol. The average Bonchev–Trinajstić information content (AvgIpc) is 2.95. The van der Waals surface area contributed by atoms with Crippen molar-refractivity contribution < 1.29 is 19.4 Å². The minimum Gasteiger partial charge on any atom is -0.480 e. The maximum atomic E-state index is 12.1. The summed E-state index contributed by atoms with van der Waals surface area (Å²) in [6.07, 6.45) is 6.39. The van der Waals surface area contributed by atoms with E-state index in [0.717, 1.165) is 19.3 Å². The Kier molecular flexibility index (Phi) is 5.08. The highest BCUT2D eigenvalue weighted by Crippen LogP contribution is 2.40. The van der Waals surface area contributed by atoms with E-state index >= 15 is 0 Å². The summed E-state index contributed by atoms with van der Waals surface area (Å²) in [5.74, 6) is -0.980. The van der Waals surface area contributed by atoms with E-state index in [1.807, 2.05) is 0 Å². The van der Waals surface area contributed by atoms with E-state index in [1.165, 1.54) is 12.8 Å². The fraction of sp³-hybridized carbons (Fsp3) is 0.867. The van der Waals surface area contributed by atoms with E-state index in [9.17, 15) is 14.7 Å². The zero-order chi connectivity index (χ0) is 15.3. The lowest BCUT2D eigenvalue weighted by Crippen LogP contribution is -2.60. The van der Waals surface area contributed by atoms with Crippen LogP contribution < -0.4 is 10.6 Å². The van der Waals surface area contributed by atoms with E-state index in [-0.39, 0.29) is 11.4 Å². The summed E-state index contributed by atoms with van der Waals surface area (Å²) in [6.45, 7) is 3.51. The molecule has 1 heterocycles. The molecule has 0 aromatic rings. The number of carboxylic acid groups (broad SMARTS) is 1. The monoisotopic (exact) mass is 298 g/mol. The molecule has 120 valence electrons. The van der Waals surface area contributed by atoms with Gasteiger partial charge in [-0.3, -0.25) is 0 Å². The highest BCUT2D eigenvalue weighted by molar-refractivity contribution is 5.86. The number of nitrogens with one attached hydrogen (secondary N) is 2. The van der Waals surface area contributed by atoms with Crippen molar-refractivity contribution in [2.24, 2.45) is 5.41 Å². The number of hydrogen-bond acceptors (Lipinski definition) is 3. The van der Waals surface area contributed by atoms with Crippen LogP contribution in [0.1, 0.15) is 51.9 Å². The molecule has 0 aromatic carbocycles. The summed E-state index contributed by atoms with van der Waals surface area (Å²) in [5, 5.41) is 15.0. The number of aliphatic carboxylic acids is 1. The van der Waals surface area contributed by atoms with Gasteiger partial charge in [0.05, 0.1) is 0 Å². The predicted molar refractivity (Wildman–Crippen MR) is 78.1 cm³/mol. The van der Waals surface area contributed by atoms with Crippen LogP contribution in [0.15, 0.2) is 0 Å². The number of carboxylic acids is 1. The van der Waals surface area contributed by atoms with Crippen molar-refractivity contribution in [3.05, 3.63) is 0 Å². The van der Waals surface area contributed by atoms with E-state index in [2.05, 4.69) is 17.6 Å². The minimum absolute atomic E-state index is 0.198. The van der Waals surface area contributed by atoms with Crippen LogP contribution in [-0.4, -0.2) is 42.4 Å². The molecule has 0 radical (unpaired) electrons. The Balaban J connectivity index is 1.89. The molecule has 6 heteroatoms. The van der Waals surface area contributed by atoms with Crippen LogP contribution in [0.4, 0.5) is 4.79 Å². The van der Waals surface area contributed by atoms with Crippen molar-refractivity contribution >= 4 is 12.0 Å². The fourth-order valence-corrected chi connectivity index (χ4v) is 3.42. The van der Waals surface area contributed by atoms with Crippen molar-refractivity contribution in [3.63, 3.8) is 0 Å². The molecule has 1 saturated carbocycles. The lowest BCUT2D eigenvalue weighted by Gasteiger charge is -2.34. The van der Waals surface area contributed by atoms with Gasteiger partial charge >= 0.3 is 12.0 Å². The fourth-order valence-electron chi connectivity index (χ4n) is 3.42. The van der Waals surface area contributed by atoms with Crippen LogP contribution in [0.5, 0.6) is 0 Å². The number of carbonyl (C=O) groups is 2. The van der Waals surface area contributed by atoms with E-state index in [0.29, 0.717) is 32.6 Å². The first kappa shape index (κ1) is 16.1. The van der Waals surface area contributed by atoms with Gasteiger partial charge in [-0.05, 0) is 24.7 Å². The zero-order valence-corrected chi connectivity index (χ0v) is 12.7. The van der Waals surface area contributed by atoms with Crippen LogP contribution in [0.3, 0.4) is 0 Å². The van der Waals surface area contributed by atoms with Gasteiger partial charge in [-0.1, -0.05) is 19.8 Å². The third kappa shape index (κ3) is 3.67. The highest BCUT2D eigenvalue weighted by atomic mass is 16.5. The molecule has 2 aliphatic rings. The lowest BCUT2D eigenvalue weighted by atomic mass is 9.83. The largest absolute Gasteiger partial charge is 0.480 e. The van der Waals surface area contributed by atoms with Crippen LogP contribution in [0, 0.1) is 5.41 Å². The van der Waals surface area contributed by atoms with Crippen molar-refractivity contribution in [2.75, 3.05) is 19.8 Å². The molecule has 0 unspecified atom stereocenters. The number of urea groups is 1. The van der Waals surface area contributed by atoms with E-state index in [1.54, 1.807) is 0 Å². The molecule has 1 saturated heterocycles. The Hall–Kier alpha value is -1.30. The normalized spacial score (nSPS) is 23.5. The molecule has 21 heavy (non-hydrogen) atoms. The molecule has 0 spiro atoms.